The predicted molar refractivity (Wildman–Crippen MR) is 123 cm³/mol. The Morgan fingerprint density at radius 3 is 2.18 bits per heavy atom. The van der Waals surface area contributed by atoms with Crippen molar-refractivity contribution in [2.45, 2.75) is 24.3 Å². The summed E-state index contributed by atoms with van der Waals surface area (Å²) in [5.41, 5.74) is 1.19. The Balaban J connectivity index is 1.55. The minimum Gasteiger partial charge on any atom is -0.296 e. The van der Waals surface area contributed by atoms with E-state index in [2.05, 4.69) is 9.62 Å². The van der Waals surface area contributed by atoms with E-state index in [4.69, 9.17) is 5.26 Å². The number of nitriles is 1. The van der Waals surface area contributed by atoms with E-state index in [1.54, 1.807) is 0 Å². The molecule has 0 saturated carbocycles. The van der Waals surface area contributed by atoms with Crippen molar-refractivity contribution in [1.82, 2.24) is 13.9 Å². The van der Waals surface area contributed by atoms with Crippen LogP contribution in [0.5, 0.6) is 0 Å². The molecule has 176 valence electrons. The lowest BCUT2D eigenvalue weighted by molar-refractivity contribution is 0.0976. The van der Waals surface area contributed by atoms with Gasteiger partial charge in [0.05, 0.1) is 16.7 Å². The molecular formula is C22H26N4O5S2. The Kier molecular flexibility index (Phi) is 8.20. The second-order valence-electron chi connectivity index (χ2n) is 7.70. The first-order chi connectivity index (χ1) is 15.7. The van der Waals surface area contributed by atoms with E-state index in [-0.39, 0.29) is 42.1 Å². The molecular weight excluding hydrogens is 464 g/mol. The topological polar surface area (TPSA) is 128 Å². The van der Waals surface area contributed by atoms with Crippen LogP contribution in [0.25, 0.3) is 0 Å². The monoisotopic (exact) mass is 490 g/mol. The Morgan fingerprint density at radius 1 is 0.939 bits per heavy atom. The fourth-order valence-corrected chi connectivity index (χ4v) is 5.92. The molecule has 1 aliphatic rings. The molecule has 0 spiro atoms. The Hall–Kier alpha value is -2.78. The third kappa shape index (κ3) is 6.85. The number of nitrogens with zero attached hydrogens (tertiary/aromatic N) is 3. The molecule has 33 heavy (non-hydrogen) atoms. The van der Waals surface area contributed by atoms with Gasteiger partial charge in [-0.25, -0.2) is 13.1 Å². The maximum atomic E-state index is 12.7. The first kappa shape index (κ1) is 24.9. The van der Waals surface area contributed by atoms with Crippen molar-refractivity contribution in [2.75, 3.05) is 31.9 Å². The number of nitrogens with one attached hydrogen (secondary N) is 1. The predicted octanol–water partition coefficient (Wildman–Crippen LogP) is 1.56. The van der Waals surface area contributed by atoms with E-state index in [0.29, 0.717) is 13.1 Å². The van der Waals surface area contributed by atoms with Gasteiger partial charge >= 0.3 is 10.2 Å². The normalized spacial score (nSPS) is 15.6. The van der Waals surface area contributed by atoms with E-state index in [1.807, 2.05) is 36.4 Å². The largest absolute Gasteiger partial charge is 0.304 e. The van der Waals surface area contributed by atoms with Crippen molar-refractivity contribution >= 4 is 26.0 Å². The summed E-state index contributed by atoms with van der Waals surface area (Å²) in [5.74, 6) is -0.994. The number of carbonyl (C=O) groups excluding carboxylic acids is 1. The first-order valence-corrected chi connectivity index (χ1v) is 13.6. The SMILES string of the molecule is N#CCCCS(=O)(=O)c1ccc(C(=O)NS(=O)(=O)N2CCN(Cc3ccccc3)CC2)cc1. The second-order valence-corrected chi connectivity index (χ2v) is 11.5. The van der Waals surface area contributed by atoms with Gasteiger partial charge in [-0.1, -0.05) is 30.3 Å². The van der Waals surface area contributed by atoms with Gasteiger partial charge in [0, 0.05) is 44.7 Å². The average Bonchev–Trinajstić information content (AvgIpc) is 2.80. The molecule has 1 amide bonds. The first-order valence-electron chi connectivity index (χ1n) is 10.5. The maximum Gasteiger partial charge on any atom is 0.304 e. The fraction of sp³-hybridized carbons (Fsp3) is 0.364. The number of sulfone groups is 1. The van der Waals surface area contributed by atoms with Crippen LogP contribution < -0.4 is 4.72 Å². The quantitative estimate of drug-likeness (QED) is 0.528. The highest BCUT2D eigenvalue weighted by atomic mass is 32.2. The van der Waals surface area contributed by atoms with Crippen molar-refractivity contribution in [3.63, 3.8) is 0 Å². The Bertz CT molecular complexity index is 1200. The van der Waals surface area contributed by atoms with Crippen molar-refractivity contribution < 1.29 is 21.6 Å². The van der Waals surface area contributed by atoms with Crippen molar-refractivity contribution in [1.29, 1.82) is 5.26 Å². The van der Waals surface area contributed by atoms with Crippen LogP contribution >= 0.6 is 0 Å². The highest BCUT2D eigenvalue weighted by Crippen LogP contribution is 2.15. The molecule has 2 aromatic carbocycles. The number of hydrogen-bond acceptors (Lipinski definition) is 7. The van der Waals surface area contributed by atoms with Crippen LogP contribution in [-0.4, -0.2) is 63.9 Å². The standard InChI is InChI=1S/C22H26N4O5S2/c23-12-4-5-17-32(28,29)21-10-8-20(9-11-21)22(27)24-33(30,31)26-15-13-25(14-16-26)18-19-6-2-1-3-7-19/h1-3,6-11H,4-5,13-18H2,(H,24,27). The molecule has 0 atom stereocenters. The molecule has 0 unspecified atom stereocenters. The van der Waals surface area contributed by atoms with Crippen LogP contribution in [0.2, 0.25) is 0 Å². The van der Waals surface area contributed by atoms with Gasteiger partial charge in [0.1, 0.15) is 0 Å². The number of benzene rings is 2. The number of unbranched alkanes of at least 4 members (excludes halogenated alkanes) is 1. The number of hydrogen-bond donors (Lipinski definition) is 1. The molecule has 0 aromatic heterocycles. The zero-order valence-electron chi connectivity index (χ0n) is 18.1. The molecule has 0 radical (unpaired) electrons. The molecule has 1 aliphatic heterocycles. The summed E-state index contributed by atoms with van der Waals surface area (Å²) in [6, 6.07) is 16.9. The minimum atomic E-state index is -4.02. The van der Waals surface area contributed by atoms with Crippen LogP contribution in [0.3, 0.4) is 0 Å². The Morgan fingerprint density at radius 2 is 1.58 bits per heavy atom. The van der Waals surface area contributed by atoms with Gasteiger partial charge in [-0.2, -0.15) is 18.0 Å². The Labute approximate surface area is 194 Å². The summed E-state index contributed by atoms with van der Waals surface area (Å²) < 4.78 is 53.1. The highest BCUT2D eigenvalue weighted by Gasteiger charge is 2.28. The summed E-state index contributed by atoms with van der Waals surface area (Å²) in [7, 11) is -7.59. The van der Waals surface area contributed by atoms with Gasteiger partial charge in [-0.05, 0) is 36.2 Å². The molecule has 11 heteroatoms. The van der Waals surface area contributed by atoms with E-state index in [9.17, 15) is 21.6 Å². The summed E-state index contributed by atoms with van der Waals surface area (Å²) in [6.07, 6.45) is 0.357. The van der Waals surface area contributed by atoms with Gasteiger partial charge in [0.2, 0.25) is 0 Å². The molecule has 9 nitrogen and oxygen atoms in total. The van der Waals surface area contributed by atoms with Gasteiger partial charge < -0.3 is 0 Å². The van der Waals surface area contributed by atoms with Gasteiger partial charge in [0.25, 0.3) is 5.91 Å². The van der Waals surface area contributed by atoms with Crippen LogP contribution in [0.15, 0.2) is 59.5 Å². The maximum absolute atomic E-state index is 12.7. The van der Waals surface area contributed by atoms with Crippen LogP contribution in [-0.2, 0) is 26.6 Å². The molecule has 3 rings (SSSR count). The highest BCUT2D eigenvalue weighted by molar-refractivity contribution is 7.91. The second kappa shape index (κ2) is 10.9. The molecule has 0 bridgehead atoms. The minimum absolute atomic E-state index is 0.0226. The van der Waals surface area contributed by atoms with Gasteiger partial charge in [0.15, 0.2) is 9.84 Å². The van der Waals surface area contributed by atoms with E-state index >= 15 is 0 Å². The van der Waals surface area contributed by atoms with Crippen LogP contribution in [0.4, 0.5) is 0 Å². The van der Waals surface area contributed by atoms with Crippen molar-refractivity contribution in [2.24, 2.45) is 0 Å². The summed E-state index contributed by atoms with van der Waals surface area (Å²) >= 11 is 0. The van der Waals surface area contributed by atoms with Crippen molar-refractivity contribution in [3.05, 3.63) is 65.7 Å². The molecule has 1 N–H and O–H groups in total. The lowest BCUT2D eigenvalue weighted by Crippen LogP contribution is -2.52. The summed E-state index contributed by atoms with van der Waals surface area (Å²) in [4.78, 5) is 14.6. The van der Waals surface area contributed by atoms with E-state index in [1.165, 1.54) is 28.6 Å². The lowest BCUT2D eigenvalue weighted by atomic mass is 10.2. The van der Waals surface area contributed by atoms with Crippen LogP contribution in [0.1, 0.15) is 28.8 Å². The molecule has 1 heterocycles. The smallest absolute Gasteiger partial charge is 0.296 e. The number of rotatable bonds is 9. The number of amides is 1. The van der Waals surface area contributed by atoms with Crippen molar-refractivity contribution in [3.8, 4) is 6.07 Å². The third-order valence-electron chi connectivity index (χ3n) is 5.32. The van der Waals surface area contributed by atoms with Gasteiger partial charge in [-0.3, -0.25) is 9.69 Å². The number of carbonyl (C=O) groups is 1. The number of piperazine rings is 1. The molecule has 1 saturated heterocycles. The lowest BCUT2D eigenvalue weighted by Gasteiger charge is -2.33. The van der Waals surface area contributed by atoms with Gasteiger partial charge in [-0.15, -0.1) is 0 Å². The van der Waals surface area contributed by atoms with E-state index in [0.717, 1.165) is 12.1 Å². The molecule has 0 aliphatic carbocycles. The zero-order valence-corrected chi connectivity index (χ0v) is 19.7. The summed E-state index contributed by atoms with van der Waals surface area (Å²) in [5, 5.41) is 8.55. The third-order valence-corrected chi connectivity index (χ3v) is 8.62. The molecule has 1 fully saturated rings. The molecule has 2 aromatic rings. The van der Waals surface area contributed by atoms with E-state index < -0.39 is 26.0 Å². The summed E-state index contributed by atoms with van der Waals surface area (Å²) in [6.45, 7) is 2.34. The average molecular weight is 491 g/mol. The zero-order chi connectivity index (χ0) is 23.9. The van der Waals surface area contributed by atoms with Crippen LogP contribution in [0, 0.1) is 11.3 Å². The fourth-order valence-electron chi connectivity index (χ4n) is 3.48.